The highest BCUT2D eigenvalue weighted by molar-refractivity contribution is 5.99. The van der Waals surface area contributed by atoms with Crippen molar-refractivity contribution in [2.75, 3.05) is 5.32 Å². The lowest BCUT2D eigenvalue weighted by Gasteiger charge is -2.06. The van der Waals surface area contributed by atoms with Gasteiger partial charge in [-0.1, -0.05) is 18.2 Å². The minimum Gasteiger partial charge on any atom is -0.324 e. The summed E-state index contributed by atoms with van der Waals surface area (Å²) in [7, 11) is 0. The summed E-state index contributed by atoms with van der Waals surface area (Å²) in [5.74, 6) is -0.0780. The maximum atomic E-state index is 11.0. The number of para-hydroxylation sites is 1. The van der Waals surface area contributed by atoms with Gasteiger partial charge in [0.25, 0.3) is 0 Å². The molecule has 15 heavy (non-hydrogen) atoms. The molecule has 1 aromatic carbocycles. The first-order chi connectivity index (χ1) is 7.16. The van der Waals surface area contributed by atoms with E-state index in [-0.39, 0.29) is 5.91 Å². The molecule has 0 atom stereocenters. The minimum atomic E-state index is -0.0780. The summed E-state index contributed by atoms with van der Waals surface area (Å²) in [6.45, 7) is 3.43. The molecule has 1 heterocycles. The molecule has 0 aliphatic heterocycles. The van der Waals surface area contributed by atoms with Gasteiger partial charge < -0.3 is 5.32 Å². The topological polar surface area (TPSA) is 42.0 Å². The second-order valence-corrected chi connectivity index (χ2v) is 3.51. The molecule has 3 heteroatoms. The molecule has 0 spiro atoms. The van der Waals surface area contributed by atoms with Gasteiger partial charge in [-0.05, 0) is 19.1 Å². The van der Waals surface area contributed by atoms with Crippen LogP contribution in [0.15, 0.2) is 30.3 Å². The monoisotopic (exact) mass is 200 g/mol. The zero-order valence-corrected chi connectivity index (χ0v) is 8.74. The van der Waals surface area contributed by atoms with E-state index in [0.29, 0.717) is 0 Å². The van der Waals surface area contributed by atoms with E-state index < -0.39 is 0 Å². The van der Waals surface area contributed by atoms with Crippen molar-refractivity contribution in [2.24, 2.45) is 0 Å². The average Bonchev–Trinajstić information content (AvgIpc) is 2.18. The molecule has 76 valence electrons. The lowest BCUT2D eigenvalue weighted by molar-refractivity contribution is -0.114. The molecule has 2 rings (SSSR count). The molecule has 3 nitrogen and oxygen atoms in total. The molecule has 2 aromatic rings. The van der Waals surface area contributed by atoms with Crippen LogP contribution in [0.4, 0.5) is 5.69 Å². The Morgan fingerprint density at radius 3 is 2.80 bits per heavy atom. The Balaban J connectivity index is 2.63. The van der Waals surface area contributed by atoms with E-state index in [1.54, 1.807) is 0 Å². The number of carbonyl (C=O) groups excluding carboxylic acids is 1. The highest BCUT2D eigenvalue weighted by atomic mass is 16.1. The van der Waals surface area contributed by atoms with Crippen LogP contribution in [0.2, 0.25) is 0 Å². The van der Waals surface area contributed by atoms with Gasteiger partial charge in [0.2, 0.25) is 5.91 Å². The minimum absolute atomic E-state index is 0.0780. The van der Waals surface area contributed by atoms with Gasteiger partial charge in [0.15, 0.2) is 0 Å². The number of nitrogens with zero attached hydrogens (tertiary/aromatic N) is 1. The highest BCUT2D eigenvalue weighted by Crippen LogP contribution is 2.21. The predicted molar refractivity (Wildman–Crippen MR) is 60.8 cm³/mol. The number of pyridine rings is 1. The van der Waals surface area contributed by atoms with Crippen molar-refractivity contribution in [1.29, 1.82) is 0 Å². The van der Waals surface area contributed by atoms with Crippen molar-refractivity contribution >= 4 is 22.5 Å². The van der Waals surface area contributed by atoms with E-state index in [0.717, 1.165) is 22.3 Å². The molecule has 0 bridgehead atoms. The Bertz CT molecular complexity index is 520. The average molecular weight is 200 g/mol. The Labute approximate surface area is 88.1 Å². The van der Waals surface area contributed by atoms with Gasteiger partial charge in [0.05, 0.1) is 11.2 Å². The summed E-state index contributed by atoms with van der Waals surface area (Å²) in [6.07, 6.45) is 0. The third kappa shape index (κ3) is 1.96. The fourth-order valence-electron chi connectivity index (χ4n) is 1.54. The Morgan fingerprint density at radius 1 is 1.27 bits per heavy atom. The largest absolute Gasteiger partial charge is 0.324 e. The van der Waals surface area contributed by atoms with Crippen LogP contribution in [0.3, 0.4) is 0 Å². The summed E-state index contributed by atoms with van der Waals surface area (Å²) in [5, 5.41) is 3.81. The molecule has 0 aliphatic rings. The molecule has 0 unspecified atom stereocenters. The van der Waals surface area contributed by atoms with Gasteiger partial charge in [-0.3, -0.25) is 9.78 Å². The van der Waals surface area contributed by atoms with E-state index in [4.69, 9.17) is 0 Å². The number of fused-ring (bicyclic) bond motifs is 1. The van der Waals surface area contributed by atoms with Gasteiger partial charge in [0.1, 0.15) is 0 Å². The molecule has 0 saturated carbocycles. The lowest BCUT2D eigenvalue weighted by atomic mass is 10.2. The summed E-state index contributed by atoms with van der Waals surface area (Å²) in [6, 6.07) is 9.71. The number of carbonyl (C=O) groups is 1. The van der Waals surface area contributed by atoms with Crippen LogP contribution in [0, 0.1) is 6.92 Å². The van der Waals surface area contributed by atoms with Gasteiger partial charge in [-0.2, -0.15) is 0 Å². The van der Waals surface area contributed by atoms with E-state index in [1.807, 2.05) is 37.3 Å². The van der Waals surface area contributed by atoms with E-state index in [2.05, 4.69) is 10.3 Å². The first-order valence-corrected chi connectivity index (χ1v) is 4.81. The van der Waals surface area contributed by atoms with Gasteiger partial charge in [0, 0.05) is 18.0 Å². The number of aryl methyl sites for hydroxylation is 1. The first kappa shape index (κ1) is 9.65. The fraction of sp³-hybridized carbons (Fsp3) is 0.167. The number of aromatic nitrogens is 1. The molecule has 0 aliphatic carbocycles. The van der Waals surface area contributed by atoms with Crippen LogP contribution in [0.25, 0.3) is 10.9 Å². The van der Waals surface area contributed by atoms with Gasteiger partial charge in [-0.15, -0.1) is 0 Å². The Hall–Kier alpha value is -1.90. The van der Waals surface area contributed by atoms with Gasteiger partial charge >= 0.3 is 0 Å². The number of benzene rings is 1. The molecular weight excluding hydrogens is 188 g/mol. The number of hydrogen-bond donors (Lipinski definition) is 1. The van der Waals surface area contributed by atoms with Crippen LogP contribution in [-0.2, 0) is 4.79 Å². The van der Waals surface area contributed by atoms with Crippen molar-refractivity contribution in [3.63, 3.8) is 0 Å². The third-order valence-corrected chi connectivity index (χ3v) is 2.17. The van der Waals surface area contributed by atoms with Crippen LogP contribution < -0.4 is 5.32 Å². The summed E-state index contributed by atoms with van der Waals surface area (Å²) < 4.78 is 0. The first-order valence-electron chi connectivity index (χ1n) is 4.81. The number of rotatable bonds is 1. The summed E-state index contributed by atoms with van der Waals surface area (Å²) in [5.41, 5.74) is 2.55. The van der Waals surface area contributed by atoms with Crippen LogP contribution in [0.1, 0.15) is 12.6 Å². The molecule has 1 aromatic heterocycles. The zero-order valence-electron chi connectivity index (χ0n) is 8.74. The van der Waals surface area contributed by atoms with E-state index >= 15 is 0 Å². The Morgan fingerprint density at radius 2 is 2.07 bits per heavy atom. The van der Waals surface area contributed by atoms with Crippen LogP contribution in [-0.4, -0.2) is 10.9 Å². The number of anilines is 1. The normalized spacial score (nSPS) is 10.3. The quantitative estimate of drug-likeness (QED) is 0.768. The second kappa shape index (κ2) is 3.69. The van der Waals surface area contributed by atoms with Crippen molar-refractivity contribution in [3.05, 3.63) is 36.0 Å². The van der Waals surface area contributed by atoms with Crippen LogP contribution in [0.5, 0.6) is 0 Å². The smallest absolute Gasteiger partial charge is 0.221 e. The molecular formula is C12H12N2O. The molecule has 0 fully saturated rings. The number of amides is 1. The Kier molecular flexibility index (Phi) is 2.37. The number of hydrogen-bond acceptors (Lipinski definition) is 2. The summed E-state index contributed by atoms with van der Waals surface area (Å²) in [4.78, 5) is 15.4. The highest BCUT2D eigenvalue weighted by Gasteiger charge is 2.03. The van der Waals surface area contributed by atoms with Crippen molar-refractivity contribution in [1.82, 2.24) is 4.98 Å². The van der Waals surface area contributed by atoms with Crippen LogP contribution >= 0.6 is 0 Å². The lowest BCUT2D eigenvalue weighted by Crippen LogP contribution is -2.06. The zero-order chi connectivity index (χ0) is 10.8. The fourth-order valence-corrected chi connectivity index (χ4v) is 1.54. The van der Waals surface area contributed by atoms with Crippen molar-refractivity contribution < 1.29 is 4.79 Å². The summed E-state index contributed by atoms with van der Waals surface area (Å²) >= 11 is 0. The molecule has 0 saturated heterocycles. The maximum Gasteiger partial charge on any atom is 0.221 e. The van der Waals surface area contributed by atoms with Crippen molar-refractivity contribution in [3.8, 4) is 0 Å². The standard InChI is InChI=1S/C12H12N2O/c1-8-6-7-10-4-3-5-11(12(10)13-8)14-9(2)15/h3-7H,1-2H3,(H,14,15). The van der Waals surface area contributed by atoms with Gasteiger partial charge in [-0.25, -0.2) is 0 Å². The molecule has 0 radical (unpaired) electrons. The van der Waals surface area contributed by atoms with E-state index in [1.165, 1.54) is 6.92 Å². The predicted octanol–water partition coefficient (Wildman–Crippen LogP) is 2.50. The van der Waals surface area contributed by atoms with Crippen molar-refractivity contribution in [2.45, 2.75) is 13.8 Å². The van der Waals surface area contributed by atoms with E-state index in [9.17, 15) is 4.79 Å². The maximum absolute atomic E-state index is 11.0. The molecule has 1 amide bonds. The SMILES string of the molecule is CC(=O)Nc1cccc2ccc(C)nc12. The number of nitrogens with one attached hydrogen (secondary N) is 1. The molecule has 1 N–H and O–H groups in total. The second-order valence-electron chi connectivity index (χ2n) is 3.51. The third-order valence-electron chi connectivity index (χ3n) is 2.17.